The fourth-order valence-electron chi connectivity index (χ4n) is 2.83. The predicted octanol–water partition coefficient (Wildman–Crippen LogP) is 2.40. The Bertz CT molecular complexity index is 203. The van der Waals surface area contributed by atoms with Crippen LogP contribution in [0.2, 0.25) is 0 Å². The standard InChI is InChI=1S/C15H32N2O/c1-12(2)14(6-8-16)5-4-9-17-13(3)15-7-10-18-11-15/h12-15,17H,4-11,16H2,1-3H3. The van der Waals surface area contributed by atoms with E-state index < -0.39 is 0 Å². The zero-order valence-electron chi connectivity index (χ0n) is 12.5. The van der Waals surface area contributed by atoms with Gasteiger partial charge in [0, 0.05) is 12.6 Å². The normalized spacial score (nSPS) is 23.5. The first-order valence-corrected chi connectivity index (χ1v) is 7.66. The van der Waals surface area contributed by atoms with Gasteiger partial charge >= 0.3 is 0 Å². The van der Waals surface area contributed by atoms with Crippen molar-refractivity contribution in [2.24, 2.45) is 23.5 Å². The Morgan fingerprint density at radius 2 is 2.06 bits per heavy atom. The number of hydrogen-bond donors (Lipinski definition) is 2. The second-order valence-electron chi connectivity index (χ2n) is 6.09. The molecule has 18 heavy (non-hydrogen) atoms. The lowest BCUT2D eigenvalue weighted by Gasteiger charge is -2.22. The predicted molar refractivity (Wildman–Crippen MR) is 77.6 cm³/mol. The smallest absolute Gasteiger partial charge is 0.0509 e. The van der Waals surface area contributed by atoms with Crippen LogP contribution in [0.5, 0.6) is 0 Å². The van der Waals surface area contributed by atoms with E-state index in [1.807, 2.05) is 0 Å². The second kappa shape index (κ2) is 8.89. The van der Waals surface area contributed by atoms with Crippen LogP contribution < -0.4 is 11.1 Å². The lowest BCUT2D eigenvalue weighted by atomic mass is 9.88. The van der Waals surface area contributed by atoms with Gasteiger partial charge in [-0.05, 0) is 63.5 Å². The van der Waals surface area contributed by atoms with E-state index in [0.717, 1.165) is 44.1 Å². The van der Waals surface area contributed by atoms with Crippen molar-refractivity contribution < 1.29 is 4.74 Å². The van der Waals surface area contributed by atoms with Gasteiger partial charge < -0.3 is 15.8 Å². The molecule has 1 saturated heterocycles. The first-order chi connectivity index (χ1) is 8.65. The lowest BCUT2D eigenvalue weighted by molar-refractivity contribution is 0.178. The molecule has 3 nitrogen and oxygen atoms in total. The minimum atomic E-state index is 0.597. The summed E-state index contributed by atoms with van der Waals surface area (Å²) in [6.07, 6.45) is 4.95. The summed E-state index contributed by atoms with van der Waals surface area (Å²) in [5.41, 5.74) is 5.67. The van der Waals surface area contributed by atoms with Gasteiger partial charge in [-0.15, -0.1) is 0 Å². The molecule has 3 heteroatoms. The quantitative estimate of drug-likeness (QED) is 0.623. The maximum Gasteiger partial charge on any atom is 0.0509 e. The molecule has 1 heterocycles. The van der Waals surface area contributed by atoms with E-state index in [4.69, 9.17) is 10.5 Å². The van der Waals surface area contributed by atoms with Gasteiger partial charge in [0.2, 0.25) is 0 Å². The summed E-state index contributed by atoms with van der Waals surface area (Å²) >= 11 is 0. The summed E-state index contributed by atoms with van der Waals surface area (Å²) in [6.45, 7) is 10.8. The molecule has 0 aromatic carbocycles. The molecular weight excluding hydrogens is 224 g/mol. The van der Waals surface area contributed by atoms with Crippen molar-refractivity contribution in [3.63, 3.8) is 0 Å². The molecule has 0 radical (unpaired) electrons. The molecule has 0 saturated carbocycles. The molecule has 0 aliphatic carbocycles. The molecule has 0 amide bonds. The van der Waals surface area contributed by atoms with Crippen molar-refractivity contribution in [1.29, 1.82) is 0 Å². The van der Waals surface area contributed by atoms with Gasteiger partial charge in [0.05, 0.1) is 6.61 Å². The van der Waals surface area contributed by atoms with Crippen molar-refractivity contribution in [2.45, 2.75) is 52.5 Å². The van der Waals surface area contributed by atoms with E-state index in [9.17, 15) is 0 Å². The maximum absolute atomic E-state index is 5.67. The third-order valence-electron chi connectivity index (χ3n) is 4.37. The molecule has 3 unspecified atom stereocenters. The van der Waals surface area contributed by atoms with Gasteiger partial charge in [-0.2, -0.15) is 0 Å². The van der Waals surface area contributed by atoms with Gasteiger partial charge in [0.15, 0.2) is 0 Å². The SMILES string of the molecule is CC(C)C(CCN)CCCNC(C)C1CCOC1. The van der Waals surface area contributed by atoms with E-state index in [-0.39, 0.29) is 0 Å². The van der Waals surface area contributed by atoms with E-state index in [1.165, 1.54) is 25.7 Å². The summed E-state index contributed by atoms with van der Waals surface area (Å²) in [4.78, 5) is 0. The highest BCUT2D eigenvalue weighted by Crippen LogP contribution is 2.20. The van der Waals surface area contributed by atoms with Crippen LogP contribution in [0.15, 0.2) is 0 Å². The highest BCUT2D eigenvalue weighted by Gasteiger charge is 2.21. The third kappa shape index (κ3) is 5.68. The van der Waals surface area contributed by atoms with Crippen molar-refractivity contribution in [2.75, 3.05) is 26.3 Å². The minimum absolute atomic E-state index is 0.597. The first-order valence-electron chi connectivity index (χ1n) is 7.66. The number of hydrogen-bond acceptors (Lipinski definition) is 3. The Morgan fingerprint density at radius 3 is 2.61 bits per heavy atom. The first kappa shape index (κ1) is 15.9. The van der Waals surface area contributed by atoms with Crippen molar-refractivity contribution in [1.82, 2.24) is 5.32 Å². The van der Waals surface area contributed by atoms with Gasteiger partial charge in [0.25, 0.3) is 0 Å². The third-order valence-corrected chi connectivity index (χ3v) is 4.37. The molecule has 1 aliphatic heterocycles. The van der Waals surface area contributed by atoms with Crippen molar-refractivity contribution in [3.05, 3.63) is 0 Å². The number of nitrogens with two attached hydrogens (primary N) is 1. The van der Waals surface area contributed by atoms with E-state index >= 15 is 0 Å². The topological polar surface area (TPSA) is 47.3 Å². The summed E-state index contributed by atoms with van der Waals surface area (Å²) in [7, 11) is 0. The molecule has 3 atom stereocenters. The largest absolute Gasteiger partial charge is 0.381 e. The molecule has 1 rings (SSSR count). The van der Waals surface area contributed by atoms with Crippen LogP contribution in [0.4, 0.5) is 0 Å². The summed E-state index contributed by atoms with van der Waals surface area (Å²) in [5, 5.41) is 3.65. The highest BCUT2D eigenvalue weighted by molar-refractivity contribution is 4.75. The van der Waals surface area contributed by atoms with Gasteiger partial charge in [-0.3, -0.25) is 0 Å². The molecule has 0 spiro atoms. The van der Waals surface area contributed by atoms with Crippen LogP contribution in [0, 0.1) is 17.8 Å². The summed E-state index contributed by atoms with van der Waals surface area (Å²) in [6, 6.07) is 0.597. The molecule has 0 aromatic heterocycles. The van der Waals surface area contributed by atoms with Crippen LogP contribution in [0.25, 0.3) is 0 Å². The van der Waals surface area contributed by atoms with E-state index in [1.54, 1.807) is 0 Å². The lowest BCUT2D eigenvalue weighted by Crippen LogP contribution is -2.34. The molecule has 0 aromatic rings. The van der Waals surface area contributed by atoms with Gasteiger partial charge in [-0.1, -0.05) is 13.8 Å². The number of rotatable bonds is 9. The zero-order valence-corrected chi connectivity index (χ0v) is 12.5. The molecular formula is C15H32N2O. The molecule has 108 valence electrons. The maximum atomic E-state index is 5.67. The van der Waals surface area contributed by atoms with E-state index in [2.05, 4.69) is 26.1 Å². The zero-order chi connectivity index (χ0) is 13.4. The minimum Gasteiger partial charge on any atom is -0.381 e. The van der Waals surface area contributed by atoms with Crippen molar-refractivity contribution >= 4 is 0 Å². The highest BCUT2D eigenvalue weighted by atomic mass is 16.5. The average Bonchev–Trinajstić information content (AvgIpc) is 2.86. The van der Waals surface area contributed by atoms with E-state index in [0.29, 0.717) is 6.04 Å². The number of ether oxygens (including phenoxy) is 1. The van der Waals surface area contributed by atoms with Crippen LogP contribution in [-0.4, -0.2) is 32.3 Å². The Labute approximate surface area is 113 Å². The average molecular weight is 256 g/mol. The molecule has 0 bridgehead atoms. The Balaban J connectivity index is 2.09. The number of nitrogens with one attached hydrogen (secondary N) is 1. The summed E-state index contributed by atoms with van der Waals surface area (Å²) in [5.74, 6) is 2.27. The Hall–Kier alpha value is -0.120. The Kier molecular flexibility index (Phi) is 7.87. The van der Waals surface area contributed by atoms with Crippen LogP contribution in [0.3, 0.4) is 0 Å². The molecule has 1 fully saturated rings. The Morgan fingerprint density at radius 1 is 1.28 bits per heavy atom. The van der Waals surface area contributed by atoms with Crippen LogP contribution >= 0.6 is 0 Å². The second-order valence-corrected chi connectivity index (χ2v) is 6.09. The van der Waals surface area contributed by atoms with Crippen LogP contribution in [0.1, 0.15) is 46.5 Å². The van der Waals surface area contributed by atoms with Gasteiger partial charge in [-0.25, -0.2) is 0 Å². The summed E-state index contributed by atoms with van der Waals surface area (Å²) < 4.78 is 5.43. The van der Waals surface area contributed by atoms with Crippen molar-refractivity contribution in [3.8, 4) is 0 Å². The fraction of sp³-hybridized carbons (Fsp3) is 1.00. The van der Waals surface area contributed by atoms with Gasteiger partial charge in [0.1, 0.15) is 0 Å². The fourth-order valence-corrected chi connectivity index (χ4v) is 2.83. The van der Waals surface area contributed by atoms with Crippen LogP contribution in [-0.2, 0) is 4.74 Å². The molecule has 1 aliphatic rings. The molecule has 3 N–H and O–H groups in total. The monoisotopic (exact) mass is 256 g/mol.